The van der Waals surface area contributed by atoms with Gasteiger partial charge in [-0.05, 0) is 13.8 Å². The van der Waals surface area contributed by atoms with Crippen molar-refractivity contribution >= 4 is 11.9 Å². The number of ether oxygens (including phenoxy) is 1. The number of aromatic nitrogens is 3. The van der Waals surface area contributed by atoms with Crippen molar-refractivity contribution in [3.8, 4) is 0 Å². The normalized spacial score (nSPS) is 12.8. The number of nitrogens with one attached hydrogen (secondary N) is 2. The second-order valence-corrected chi connectivity index (χ2v) is 2.75. The number of nitrogens with two attached hydrogens (primary N) is 1. The van der Waals surface area contributed by atoms with Crippen molar-refractivity contribution in [1.82, 2.24) is 15.2 Å². The van der Waals surface area contributed by atoms with Gasteiger partial charge >= 0.3 is 0 Å². The molecule has 1 unspecified atom stereocenters. The average Bonchev–Trinajstić information content (AvgIpc) is 2.48. The van der Waals surface area contributed by atoms with Gasteiger partial charge in [0, 0.05) is 12.6 Å². The van der Waals surface area contributed by atoms with Crippen LogP contribution in [0.2, 0.25) is 0 Å². The highest BCUT2D eigenvalue weighted by atomic mass is 16.5. The standard InChI is InChI=1S/C7H15N5O/c1-3-13-4-5(2)9-7-10-6(8)11-12-7/h5H,3-4H2,1-2H3,(H4,8,9,10,11,12). The highest BCUT2D eigenvalue weighted by Crippen LogP contribution is 2.01. The maximum absolute atomic E-state index is 5.35. The number of nitrogens with zero attached hydrogens (tertiary/aromatic N) is 2. The van der Waals surface area contributed by atoms with Gasteiger partial charge in [0.2, 0.25) is 11.9 Å². The van der Waals surface area contributed by atoms with Crippen LogP contribution in [0.5, 0.6) is 0 Å². The highest BCUT2D eigenvalue weighted by Gasteiger charge is 2.04. The largest absolute Gasteiger partial charge is 0.380 e. The van der Waals surface area contributed by atoms with Crippen molar-refractivity contribution in [2.45, 2.75) is 19.9 Å². The minimum atomic E-state index is 0.176. The predicted octanol–water partition coefficient (Wildman–Crippen LogP) is 0.224. The van der Waals surface area contributed by atoms with E-state index in [1.807, 2.05) is 13.8 Å². The topological polar surface area (TPSA) is 88.8 Å². The molecule has 1 aromatic heterocycles. The molecular weight excluding hydrogens is 170 g/mol. The van der Waals surface area contributed by atoms with Gasteiger partial charge in [-0.15, -0.1) is 5.10 Å². The van der Waals surface area contributed by atoms with Crippen molar-refractivity contribution in [2.75, 3.05) is 24.3 Å². The monoisotopic (exact) mass is 185 g/mol. The first kappa shape index (κ1) is 9.79. The number of H-pyrrole nitrogens is 1. The third kappa shape index (κ3) is 3.29. The molecule has 6 nitrogen and oxygen atoms in total. The summed E-state index contributed by atoms with van der Waals surface area (Å²) < 4.78 is 5.21. The van der Waals surface area contributed by atoms with Crippen LogP contribution in [0.25, 0.3) is 0 Å². The fraction of sp³-hybridized carbons (Fsp3) is 0.714. The van der Waals surface area contributed by atoms with Gasteiger partial charge < -0.3 is 15.8 Å². The van der Waals surface area contributed by atoms with E-state index in [9.17, 15) is 0 Å². The van der Waals surface area contributed by atoms with Crippen LogP contribution < -0.4 is 11.1 Å². The van der Waals surface area contributed by atoms with E-state index in [2.05, 4.69) is 20.5 Å². The van der Waals surface area contributed by atoms with Gasteiger partial charge in [0.05, 0.1) is 6.61 Å². The van der Waals surface area contributed by atoms with E-state index in [4.69, 9.17) is 10.5 Å². The summed E-state index contributed by atoms with van der Waals surface area (Å²) in [6.07, 6.45) is 0. The van der Waals surface area contributed by atoms with Gasteiger partial charge in [-0.25, -0.2) is 5.10 Å². The molecular formula is C7H15N5O. The second-order valence-electron chi connectivity index (χ2n) is 2.75. The second kappa shape index (κ2) is 4.66. The number of hydrogen-bond acceptors (Lipinski definition) is 5. The molecule has 0 aliphatic rings. The molecule has 13 heavy (non-hydrogen) atoms. The minimum Gasteiger partial charge on any atom is -0.380 e. The number of anilines is 2. The molecule has 1 heterocycles. The summed E-state index contributed by atoms with van der Waals surface area (Å²) in [5, 5.41) is 9.42. The Bertz CT molecular complexity index is 249. The molecule has 0 amide bonds. The Kier molecular flexibility index (Phi) is 3.51. The molecule has 74 valence electrons. The maximum atomic E-state index is 5.35. The van der Waals surface area contributed by atoms with Gasteiger partial charge in [0.1, 0.15) is 0 Å². The van der Waals surface area contributed by atoms with Crippen molar-refractivity contribution in [2.24, 2.45) is 0 Å². The van der Waals surface area contributed by atoms with Gasteiger partial charge in [-0.2, -0.15) is 4.98 Å². The van der Waals surface area contributed by atoms with Crippen LogP contribution >= 0.6 is 0 Å². The number of nitrogen functional groups attached to an aromatic ring is 1. The Morgan fingerprint density at radius 2 is 2.46 bits per heavy atom. The molecule has 0 bridgehead atoms. The zero-order valence-electron chi connectivity index (χ0n) is 7.87. The lowest BCUT2D eigenvalue weighted by atomic mass is 10.4. The zero-order valence-corrected chi connectivity index (χ0v) is 7.87. The molecule has 0 spiro atoms. The zero-order chi connectivity index (χ0) is 9.68. The molecule has 0 saturated heterocycles. The molecule has 4 N–H and O–H groups in total. The molecule has 6 heteroatoms. The van der Waals surface area contributed by atoms with E-state index in [1.165, 1.54) is 0 Å². The fourth-order valence-electron chi connectivity index (χ4n) is 0.896. The van der Waals surface area contributed by atoms with Crippen LogP contribution in [-0.2, 0) is 4.74 Å². The van der Waals surface area contributed by atoms with Crippen LogP contribution in [-0.4, -0.2) is 34.4 Å². The molecule has 1 atom stereocenters. The minimum absolute atomic E-state index is 0.176. The first-order chi connectivity index (χ1) is 6.22. The lowest BCUT2D eigenvalue weighted by molar-refractivity contribution is 0.141. The Labute approximate surface area is 76.9 Å². The molecule has 0 aliphatic carbocycles. The molecule has 1 aromatic rings. The Hall–Kier alpha value is -1.30. The fourth-order valence-corrected chi connectivity index (χ4v) is 0.896. The van der Waals surface area contributed by atoms with Crippen LogP contribution in [0.4, 0.5) is 11.9 Å². The molecule has 0 fully saturated rings. The summed E-state index contributed by atoms with van der Waals surface area (Å²) in [5.41, 5.74) is 5.35. The van der Waals surface area contributed by atoms with Crippen molar-refractivity contribution in [3.05, 3.63) is 0 Å². The quantitative estimate of drug-likeness (QED) is 0.610. The van der Waals surface area contributed by atoms with Crippen LogP contribution in [0.15, 0.2) is 0 Å². The smallest absolute Gasteiger partial charge is 0.243 e. The highest BCUT2D eigenvalue weighted by molar-refractivity contribution is 5.30. The van der Waals surface area contributed by atoms with E-state index in [0.717, 1.165) is 0 Å². The summed E-state index contributed by atoms with van der Waals surface area (Å²) in [6.45, 7) is 5.28. The first-order valence-corrected chi connectivity index (χ1v) is 4.24. The lowest BCUT2D eigenvalue weighted by Gasteiger charge is -2.11. The third-order valence-corrected chi connectivity index (χ3v) is 1.45. The summed E-state index contributed by atoms with van der Waals surface area (Å²) in [4.78, 5) is 3.90. The predicted molar refractivity (Wildman–Crippen MR) is 50.4 cm³/mol. The van der Waals surface area contributed by atoms with Crippen LogP contribution in [0.3, 0.4) is 0 Å². The van der Waals surface area contributed by atoms with E-state index in [1.54, 1.807) is 0 Å². The molecule has 0 saturated carbocycles. The number of aromatic amines is 1. The van der Waals surface area contributed by atoms with Gasteiger partial charge in [0.15, 0.2) is 0 Å². The van der Waals surface area contributed by atoms with E-state index < -0.39 is 0 Å². The van der Waals surface area contributed by atoms with Crippen molar-refractivity contribution < 1.29 is 4.74 Å². The summed E-state index contributed by atoms with van der Waals surface area (Å²) in [7, 11) is 0. The van der Waals surface area contributed by atoms with Gasteiger partial charge in [-0.3, -0.25) is 0 Å². The van der Waals surface area contributed by atoms with Gasteiger partial charge in [0.25, 0.3) is 0 Å². The Morgan fingerprint density at radius 1 is 1.69 bits per heavy atom. The van der Waals surface area contributed by atoms with Crippen molar-refractivity contribution in [1.29, 1.82) is 0 Å². The molecule has 0 radical (unpaired) electrons. The molecule has 0 aromatic carbocycles. The van der Waals surface area contributed by atoms with Crippen molar-refractivity contribution in [3.63, 3.8) is 0 Å². The van der Waals surface area contributed by atoms with Crippen LogP contribution in [0.1, 0.15) is 13.8 Å². The van der Waals surface area contributed by atoms with Gasteiger partial charge in [-0.1, -0.05) is 0 Å². The number of hydrogen-bond donors (Lipinski definition) is 3. The lowest BCUT2D eigenvalue weighted by Crippen LogP contribution is -2.22. The Balaban J connectivity index is 2.31. The van der Waals surface area contributed by atoms with E-state index >= 15 is 0 Å². The molecule has 0 aliphatic heterocycles. The third-order valence-electron chi connectivity index (χ3n) is 1.45. The van der Waals surface area contributed by atoms with Crippen LogP contribution in [0, 0.1) is 0 Å². The average molecular weight is 185 g/mol. The Morgan fingerprint density at radius 3 is 3.00 bits per heavy atom. The SMILES string of the molecule is CCOCC(C)Nc1n[nH]c(N)n1. The van der Waals surface area contributed by atoms with E-state index in [-0.39, 0.29) is 6.04 Å². The maximum Gasteiger partial charge on any atom is 0.243 e. The number of rotatable bonds is 5. The summed E-state index contributed by atoms with van der Waals surface area (Å²) in [5.74, 6) is 0.816. The first-order valence-electron chi connectivity index (χ1n) is 4.24. The van der Waals surface area contributed by atoms with E-state index in [0.29, 0.717) is 25.1 Å². The summed E-state index contributed by atoms with van der Waals surface area (Å²) >= 11 is 0. The molecule has 1 rings (SSSR count). The summed E-state index contributed by atoms with van der Waals surface area (Å²) in [6, 6.07) is 0.176.